The summed E-state index contributed by atoms with van der Waals surface area (Å²) in [7, 11) is 0. The van der Waals surface area contributed by atoms with Crippen molar-refractivity contribution in [2.24, 2.45) is 0 Å². The molecule has 0 aromatic carbocycles. The van der Waals surface area contributed by atoms with Crippen molar-refractivity contribution in [3.8, 4) is 0 Å². The van der Waals surface area contributed by atoms with Gasteiger partial charge in [-0.05, 0) is 18.0 Å². The highest BCUT2D eigenvalue weighted by Crippen LogP contribution is 2.22. The van der Waals surface area contributed by atoms with Crippen molar-refractivity contribution in [3.05, 3.63) is 11.1 Å². The van der Waals surface area contributed by atoms with E-state index < -0.39 is 12.6 Å². The van der Waals surface area contributed by atoms with Gasteiger partial charge in [0.15, 0.2) is 0 Å². The standard InChI is InChI=1S/C8H11ClF3N3/c1-2-6-13-14-7(9)15(6)5-3-4-8(10,11)12/h2-5H2,1H3. The van der Waals surface area contributed by atoms with Crippen LogP contribution in [-0.2, 0) is 13.0 Å². The van der Waals surface area contributed by atoms with Crippen molar-refractivity contribution in [1.29, 1.82) is 0 Å². The van der Waals surface area contributed by atoms with Gasteiger partial charge in [0.25, 0.3) is 0 Å². The van der Waals surface area contributed by atoms with Crippen molar-refractivity contribution < 1.29 is 13.2 Å². The highest BCUT2D eigenvalue weighted by Gasteiger charge is 2.26. The summed E-state index contributed by atoms with van der Waals surface area (Å²) in [5.41, 5.74) is 0. The van der Waals surface area contributed by atoms with Gasteiger partial charge in [-0.25, -0.2) is 0 Å². The molecule has 1 aromatic rings. The van der Waals surface area contributed by atoms with Crippen LogP contribution in [0.3, 0.4) is 0 Å². The SMILES string of the molecule is CCc1nnc(Cl)n1CCCC(F)(F)F. The Morgan fingerprint density at radius 1 is 1.33 bits per heavy atom. The van der Waals surface area contributed by atoms with Gasteiger partial charge < -0.3 is 4.57 Å². The lowest BCUT2D eigenvalue weighted by Crippen LogP contribution is -2.10. The van der Waals surface area contributed by atoms with E-state index in [4.69, 9.17) is 11.6 Å². The first-order chi connectivity index (χ1) is 6.94. The fourth-order valence-corrected chi connectivity index (χ4v) is 1.45. The Hall–Kier alpha value is -0.780. The molecule has 0 spiro atoms. The quantitative estimate of drug-likeness (QED) is 0.812. The van der Waals surface area contributed by atoms with Gasteiger partial charge in [-0.3, -0.25) is 0 Å². The van der Waals surface area contributed by atoms with Crippen LogP contribution in [0.4, 0.5) is 13.2 Å². The van der Waals surface area contributed by atoms with E-state index in [1.54, 1.807) is 0 Å². The van der Waals surface area contributed by atoms with Crippen molar-refractivity contribution >= 4 is 11.6 Å². The Kier molecular flexibility index (Phi) is 3.96. The van der Waals surface area contributed by atoms with Gasteiger partial charge in [0.05, 0.1) is 0 Å². The average molecular weight is 242 g/mol. The highest BCUT2D eigenvalue weighted by molar-refractivity contribution is 6.28. The largest absolute Gasteiger partial charge is 0.389 e. The second-order valence-corrected chi connectivity index (χ2v) is 3.45. The van der Waals surface area contributed by atoms with Gasteiger partial charge in [0.1, 0.15) is 5.82 Å². The number of hydrogen-bond acceptors (Lipinski definition) is 2. The third kappa shape index (κ3) is 3.70. The molecule has 0 N–H and O–H groups in total. The first-order valence-corrected chi connectivity index (χ1v) is 4.96. The fourth-order valence-electron chi connectivity index (χ4n) is 1.23. The normalized spacial score (nSPS) is 12.1. The maximum Gasteiger partial charge on any atom is 0.389 e. The molecule has 1 heterocycles. The molecule has 0 radical (unpaired) electrons. The molecule has 0 bridgehead atoms. The molecule has 7 heteroatoms. The number of alkyl halides is 3. The first kappa shape index (κ1) is 12.3. The summed E-state index contributed by atoms with van der Waals surface area (Å²) in [6, 6.07) is 0. The van der Waals surface area contributed by atoms with Gasteiger partial charge in [-0.1, -0.05) is 6.92 Å². The molecule has 3 nitrogen and oxygen atoms in total. The average Bonchev–Trinajstić information content (AvgIpc) is 2.46. The van der Waals surface area contributed by atoms with E-state index in [-0.39, 0.29) is 18.2 Å². The van der Waals surface area contributed by atoms with Crippen LogP contribution in [0.2, 0.25) is 5.28 Å². The van der Waals surface area contributed by atoms with E-state index in [0.29, 0.717) is 12.2 Å². The summed E-state index contributed by atoms with van der Waals surface area (Å²) in [5.74, 6) is 0.613. The van der Waals surface area contributed by atoms with Gasteiger partial charge >= 0.3 is 6.18 Å². The van der Waals surface area contributed by atoms with Crippen molar-refractivity contribution in [1.82, 2.24) is 14.8 Å². The third-order valence-electron chi connectivity index (χ3n) is 1.94. The summed E-state index contributed by atoms with van der Waals surface area (Å²) < 4.78 is 37.2. The molecule has 0 fully saturated rings. The summed E-state index contributed by atoms with van der Waals surface area (Å²) in [6.07, 6.45) is -4.34. The molecule has 0 saturated heterocycles. The van der Waals surface area contributed by atoms with Crippen molar-refractivity contribution in [2.45, 2.75) is 38.9 Å². The van der Waals surface area contributed by atoms with Crippen LogP contribution in [0, 0.1) is 0 Å². The molecule has 1 aromatic heterocycles. The number of nitrogens with zero attached hydrogens (tertiary/aromatic N) is 3. The van der Waals surface area contributed by atoms with E-state index in [2.05, 4.69) is 10.2 Å². The predicted molar refractivity (Wildman–Crippen MR) is 49.7 cm³/mol. The maximum atomic E-state index is 11.9. The number of halogens is 4. The van der Waals surface area contributed by atoms with Gasteiger partial charge in [-0.2, -0.15) is 13.2 Å². The Labute approximate surface area is 90.2 Å². The minimum atomic E-state index is -4.12. The van der Waals surface area contributed by atoms with Crippen LogP contribution in [0.25, 0.3) is 0 Å². The molecule has 0 unspecified atom stereocenters. The molecule has 0 saturated carbocycles. The Morgan fingerprint density at radius 3 is 2.53 bits per heavy atom. The fraction of sp³-hybridized carbons (Fsp3) is 0.750. The van der Waals surface area contributed by atoms with Crippen LogP contribution in [0.1, 0.15) is 25.6 Å². The van der Waals surface area contributed by atoms with E-state index in [0.717, 1.165) is 0 Å². The van der Waals surface area contributed by atoms with Crippen molar-refractivity contribution in [3.63, 3.8) is 0 Å². The minimum absolute atomic E-state index is 0.00569. The number of rotatable bonds is 4. The molecule has 0 aliphatic heterocycles. The number of hydrogen-bond donors (Lipinski definition) is 0. The topological polar surface area (TPSA) is 30.7 Å². The van der Waals surface area contributed by atoms with Crippen LogP contribution >= 0.6 is 11.6 Å². The molecule has 0 amide bonds. The van der Waals surface area contributed by atoms with Gasteiger partial charge in [-0.15, -0.1) is 10.2 Å². The number of aryl methyl sites for hydroxylation is 1. The lowest BCUT2D eigenvalue weighted by Gasteiger charge is -2.08. The lowest BCUT2D eigenvalue weighted by atomic mass is 10.3. The van der Waals surface area contributed by atoms with E-state index in [1.807, 2.05) is 6.92 Å². The van der Waals surface area contributed by atoms with Crippen molar-refractivity contribution in [2.75, 3.05) is 0 Å². The van der Waals surface area contributed by atoms with Crippen LogP contribution in [0.15, 0.2) is 0 Å². The zero-order valence-electron chi connectivity index (χ0n) is 8.18. The summed E-state index contributed by atoms with van der Waals surface area (Å²) in [6.45, 7) is 2.05. The van der Waals surface area contributed by atoms with Crippen LogP contribution in [0.5, 0.6) is 0 Å². The third-order valence-corrected chi connectivity index (χ3v) is 2.22. The molecular formula is C8H11ClF3N3. The summed E-state index contributed by atoms with van der Waals surface area (Å²) in [5, 5.41) is 7.50. The molecule has 1 rings (SSSR count). The molecule has 15 heavy (non-hydrogen) atoms. The second kappa shape index (κ2) is 4.83. The second-order valence-electron chi connectivity index (χ2n) is 3.11. The Balaban J connectivity index is 2.53. The van der Waals surface area contributed by atoms with Crippen LogP contribution in [-0.4, -0.2) is 20.9 Å². The summed E-state index contributed by atoms with van der Waals surface area (Å²) in [4.78, 5) is 0. The number of aromatic nitrogens is 3. The lowest BCUT2D eigenvalue weighted by molar-refractivity contribution is -0.135. The Bertz CT molecular complexity index is 321. The van der Waals surface area contributed by atoms with E-state index in [1.165, 1.54) is 4.57 Å². The van der Waals surface area contributed by atoms with Crippen LogP contribution < -0.4 is 0 Å². The summed E-state index contributed by atoms with van der Waals surface area (Å²) >= 11 is 5.68. The smallest absolute Gasteiger partial charge is 0.302 e. The highest BCUT2D eigenvalue weighted by atomic mass is 35.5. The van der Waals surface area contributed by atoms with Gasteiger partial charge in [0, 0.05) is 19.4 Å². The predicted octanol–water partition coefficient (Wildman–Crippen LogP) is 2.84. The molecular weight excluding hydrogens is 231 g/mol. The minimum Gasteiger partial charge on any atom is -0.302 e. The molecule has 0 atom stereocenters. The van der Waals surface area contributed by atoms with E-state index >= 15 is 0 Å². The maximum absolute atomic E-state index is 11.9. The molecule has 86 valence electrons. The van der Waals surface area contributed by atoms with E-state index in [9.17, 15) is 13.2 Å². The molecule has 0 aliphatic carbocycles. The first-order valence-electron chi connectivity index (χ1n) is 4.58. The monoisotopic (exact) mass is 241 g/mol. The van der Waals surface area contributed by atoms with Gasteiger partial charge in [0.2, 0.25) is 5.28 Å². The Morgan fingerprint density at radius 2 is 2.00 bits per heavy atom. The zero-order chi connectivity index (χ0) is 11.5. The zero-order valence-corrected chi connectivity index (χ0v) is 8.94. The molecule has 0 aliphatic rings.